The van der Waals surface area contributed by atoms with Crippen molar-refractivity contribution in [1.82, 2.24) is 4.90 Å². The lowest BCUT2D eigenvalue weighted by atomic mass is 9.98. The maximum Gasteiger partial charge on any atom is 0.414 e. The van der Waals surface area contributed by atoms with E-state index >= 15 is 0 Å². The summed E-state index contributed by atoms with van der Waals surface area (Å²) in [7, 11) is 3.09. The number of hydrogen-bond donors (Lipinski definition) is 0. The van der Waals surface area contributed by atoms with E-state index in [2.05, 4.69) is 0 Å². The number of benzene rings is 2. The summed E-state index contributed by atoms with van der Waals surface area (Å²) >= 11 is 0. The van der Waals surface area contributed by atoms with Gasteiger partial charge in [-0.25, -0.2) is 4.79 Å². The van der Waals surface area contributed by atoms with Gasteiger partial charge in [-0.3, -0.25) is 9.59 Å². The molecule has 2 aromatic rings. The molecule has 0 spiro atoms. The van der Waals surface area contributed by atoms with Gasteiger partial charge in [-0.15, -0.1) is 0 Å². The summed E-state index contributed by atoms with van der Waals surface area (Å²) in [5.74, 6) is -0.256. The zero-order valence-corrected chi connectivity index (χ0v) is 12.2. The van der Waals surface area contributed by atoms with E-state index in [1.165, 1.54) is 23.1 Å². The first-order valence-electron chi connectivity index (χ1n) is 6.54. The van der Waals surface area contributed by atoms with Gasteiger partial charge in [0, 0.05) is 25.2 Å². The van der Waals surface area contributed by atoms with Gasteiger partial charge in [-0.05, 0) is 12.1 Å². The van der Waals surface area contributed by atoms with Crippen LogP contribution in [0.5, 0.6) is 5.75 Å². The number of hydrogen-bond acceptors (Lipinski definition) is 4. The number of rotatable bonds is 4. The van der Waals surface area contributed by atoms with Gasteiger partial charge in [0.15, 0.2) is 5.78 Å². The third-order valence-electron chi connectivity index (χ3n) is 2.98. The van der Waals surface area contributed by atoms with Crippen LogP contribution in [0, 0.1) is 0 Å². The lowest BCUT2D eigenvalue weighted by Gasteiger charge is -2.13. The van der Waals surface area contributed by atoms with Gasteiger partial charge >= 0.3 is 6.09 Å². The molecule has 0 aliphatic rings. The molecule has 0 fully saturated rings. The third kappa shape index (κ3) is 3.20. The minimum absolute atomic E-state index is 0.145. The van der Waals surface area contributed by atoms with E-state index in [1.807, 2.05) is 0 Å². The molecule has 0 bridgehead atoms. The fraction of sp³-hybridized carbons (Fsp3) is 0.118. The molecule has 0 heterocycles. The van der Waals surface area contributed by atoms with Gasteiger partial charge in [0.25, 0.3) is 0 Å². The molecule has 0 saturated carbocycles. The van der Waals surface area contributed by atoms with Crippen LogP contribution in [0.1, 0.15) is 21.5 Å². The normalized spacial score (nSPS) is 9.91. The summed E-state index contributed by atoms with van der Waals surface area (Å²) in [5.41, 5.74) is 0.590. The highest BCUT2D eigenvalue weighted by Crippen LogP contribution is 2.23. The number of amides is 1. The minimum Gasteiger partial charge on any atom is -0.409 e. The van der Waals surface area contributed by atoms with Crippen molar-refractivity contribution < 1.29 is 19.1 Å². The molecule has 0 aromatic heterocycles. The molecule has 0 saturated heterocycles. The molecule has 0 N–H and O–H groups in total. The van der Waals surface area contributed by atoms with Crippen molar-refractivity contribution in [3.8, 4) is 5.75 Å². The van der Waals surface area contributed by atoms with Crippen LogP contribution in [0.3, 0.4) is 0 Å². The van der Waals surface area contributed by atoms with Crippen LogP contribution in [-0.4, -0.2) is 37.2 Å². The maximum atomic E-state index is 12.6. The average Bonchev–Trinajstić information content (AvgIpc) is 2.54. The molecular weight excluding hydrogens is 282 g/mol. The van der Waals surface area contributed by atoms with Crippen LogP contribution < -0.4 is 4.74 Å². The molecule has 5 heteroatoms. The first kappa shape index (κ1) is 15.4. The molecule has 5 nitrogen and oxygen atoms in total. The Morgan fingerprint density at radius 3 is 2.18 bits per heavy atom. The fourth-order valence-electron chi connectivity index (χ4n) is 1.84. The second kappa shape index (κ2) is 6.67. The SMILES string of the molecule is CN(C)C(=O)Oc1ccccc1C(=O)c1ccccc1[C]=O. The molecule has 1 amide bonds. The first-order chi connectivity index (χ1) is 10.5. The van der Waals surface area contributed by atoms with Crippen molar-refractivity contribution in [2.75, 3.05) is 14.1 Å². The van der Waals surface area contributed by atoms with Crippen molar-refractivity contribution in [3.63, 3.8) is 0 Å². The molecule has 0 aliphatic carbocycles. The summed E-state index contributed by atoms with van der Waals surface area (Å²) < 4.78 is 5.19. The quantitative estimate of drug-likeness (QED) is 0.813. The van der Waals surface area contributed by atoms with Crippen LogP contribution in [0.25, 0.3) is 0 Å². The Morgan fingerprint density at radius 2 is 1.55 bits per heavy atom. The predicted molar refractivity (Wildman–Crippen MR) is 80.8 cm³/mol. The molecule has 0 atom stereocenters. The lowest BCUT2D eigenvalue weighted by molar-refractivity contribution is 0.103. The second-order valence-corrected chi connectivity index (χ2v) is 4.74. The number of carbonyl (C=O) groups excluding carboxylic acids is 3. The van der Waals surface area contributed by atoms with Crippen molar-refractivity contribution in [2.24, 2.45) is 0 Å². The van der Waals surface area contributed by atoms with E-state index in [0.29, 0.717) is 0 Å². The molecule has 111 valence electrons. The summed E-state index contributed by atoms with van der Waals surface area (Å²) in [5, 5.41) is 0. The predicted octanol–water partition coefficient (Wildman–Crippen LogP) is 2.44. The highest BCUT2D eigenvalue weighted by Gasteiger charge is 2.19. The van der Waals surface area contributed by atoms with Gasteiger partial charge in [0.05, 0.1) is 5.56 Å². The van der Waals surface area contributed by atoms with Gasteiger partial charge in [-0.1, -0.05) is 36.4 Å². The summed E-state index contributed by atoms with van der Waals surface area (Å²) in [6.07, 6.45) is 1.15. The summed E-state index contributed by atoms with van der Waals surface area (Å²) in [4.78, 5) is 36.5. The molecular formula is C17H14NO4. The zero-order chi connectivity index (χ0) is 16.1. The van der Waals surface area contributed by atoms with E-state index in [9.17, 15) is 14.4 Å². The monoisotopic (exact) mass is 296 g/mol. The smallest absolute Gasteiger partial charge is 0.409 e. The van der Waals surface area contributed by atoms with E-state index in [-0.39, 0.29) is 22.4 Å². The number of ether oxygens (including phenoxy) is 1. The average molecular weight is 296 g/mol. The fourth-order valence-corrected chi connectivity index (χ4v) is 1.84. The third-order valence-corrected chi connectivity index (χ3v) is 2.98. The minimum atomic E-state index is -0.588. The zero-order valence-electron chi connectivity index (χ0n) is 12.2. The highest BCUT2D eigenvalue weighted by atomic mass is 16.6. The van der Waals surface area contributed by atoms with Crippen LogP contribution >= 0.6 is 0 Å². The topological polar surface area (TPSA) is 63.7 Å². The molecule has 0 unspecified atom stereocenters. The largest absolute Gasteiger partial charge is 0.414 e. The van der Waals surface area contributed by atoms with Crippen LogP contribution in [-0.2, 0) is 4.79 Å². The number of nitrogens with zero attached hydrogens (tertiary/aromatic N) is 1. The van der Waals surface area contributed by atoms with Crippen LogP contribution in [0.15, 0.2) is 48.5 Å². The van der Waals surface area contributed by atoms with E-state index in [1.54, 1.807) is 50.7 Å². The number of ketones is 1. The highest BCUT2D eigenvalue weighted by molar-refractivity contribution is 6.14. The van der Waals surface area contributed by atoms with Gasteiger partial charge in [0.2, 0.25) is 6.29 Å². The Labute approximate surface area is 128 Å². The first-order valence-corrected chi connectivity index (χ1v) is 6.54. The van der Waals surface area contributed by atoms with Crippen molar-refractivity contribution in [1.29, 1.82) is 0 Å². The maximum absolute atomic E-state index is 12.6. The Bertz CT molecular complexity index is 722. The standard InChI is InChI=1S/C17H14NO4/c1-18(2)17(21)22-15-10-6-5-9-14(15)16(20)13-8-4-3-7-12(13)11-19/h3-10H,1-2H3. The lowest BCUT2D eigenvalue weighted by Crippen LogP contribution is -2.26. The van der Waals surface area contributed by atoms with Gasteiger partial charge in [-0.2, -0.15) is 0 Å². The number of carbonyl (C=O) groups is 2. The molecule has 2 rings (SSSR count). The summed E-state index contributed by atoms with van der Waals surface area (Å²) in [6.45, 7) is 0. The van der Waals surface area contributed by atoms with Crippen molar-refractivity contribution in [2.45, 2.75) is 0 Å². The molecule has 2 aromatic carbocycles. The van der Waals surface area contributed by atoms with E-state index in [4.69, 9.17) is 4.74 Å². The Morgan fingerprint density at radius 1 is 0.955 bits per heavy atom. The van der Waals surface area contributed by atoms with Crippen LogP contribution in [0.4, 0.5) is 4.79 Å². The molecule has 1 radical (unpaired) electrons. The second-order valence-electron chi connectivity index (χ2n) is 4.74. The Kier molecular flexibility index (Phi) is 4.68. The van der Waals surface area contributed by atoms with E-state index in [0.717, 1.165) is 0 Å². The molecule has 0 aliphatic heterocycles. The van der Waals surface area contributed by atoms with Crippen molar-refractivity contribution in [3.05, 3.63) is 65.2 Å². The molecule has 22 heavy (non-hydrogen) atoms. The Hall–Kier alpha value is -2.95. The summed E-state index contributed by atoms with van der Waals surface area (Å²) in [6, 6.07) is 12.7. The van der Waals surface area contributed by atoms with E-state index < -0.39 is 11.9 Å². The van der Waals surface area contributed by atoms with Crippen molar-refractivity contribution >= 4 is 18.2 Å². The Balaban J connectivity index is 2.42. The van der Waals surface area contributed by atoms with Gasteiger partial charge < -0.3 is 9.64 Å². The number of para-hydroxylation sites is 1. The van der Waals surface area contributed by atoms with Crippen LogP contribution in [0.2, 0.25) is 0 Å². The van der Waals surface area contributed by atoms with Gasteiger partial charge in [0.1, 0.15) is 5.75 Å².